The van der Waals surface area contributed by atoms with Crippen LogP contribution in [0.25, 0.3) is 22.7 Å². The van der Waals surface area contributed by atoms with Crippen molar-refractivity contribution < 1.29 is 23.1 Å². The van der Waals surface area contributed by atoms with E-state index in [4.69, 9.17) is 9.15 Å². The molecule has 29 heavy (non-hydrogen) atoms. The van der Waals surface area contributed by atoms with Gasteiger partial charge in [-0.1, -0.05) is 6.07 Å². The normalized spacial score (nSPS) is 16.0. The highest BCUT2D eigenvalue weighted by molar-refractivity contribution is 5.95. The average molecular weight is 397 g/mol. The summed E-state index contributed by atoms with van der Waals surface area (Å²) in [6, 6.07) is 7.69. The molecule has 1 fully saturated rings. The molecule has 3 aromatic rings. The van der Waals surface area contributed by atoms with Crippen LogP contribution in [0.1, 0.15) is 5.89 Å². The van der Waals surface area contributed by atoms with Crippen molar-refractivity contribution in [2.75, 3.05) is 18.5 Å². The van der Waals surface area contributed by atoms with E-state index in [1.807, 2.05) is 0 Å². The molecule has 1 aromatic carbocycles. The minimum atomic E-state index is -0.930. The fraction of sp³-hybridized carbons (Fsp3) is 0.211. The lowest BCUT2D eigenvalue weighted by molar-refractivity contribution is -0.127. The number of likely N-dealkylation sites (N-methyl/N-ethyl adjacent to an activating group) is 1. The molecule has 1 atom stereocenters. The number of halogens is 1. The molecule has 10 heteroatoms. The van der Waals surface area contributed by atoms with E-state index in [-0.39, 0.29) is 12.4 Å². The monoisotopic (exact) mass is 397 g/mol. The number of amides is 2. The van der Waals surface area contributed by atoms with E-state index < -0.39 is 23.9 Å². The second kappa shape index (κ2) is 7.30. The Morgan fingerprint density at radius 2 is 2.10 bits per heavy atom. The molecule has 3 heterocycles. The maximum Gasteiger partial charge on any atom is 0.415 e. The summed E-state index contributed by atoms with van der Waals surface area (Å²) in [5.41, 5.74) is 1.63. The molecule has 9 nitrogen and oxygen atoms in total. The van der Waals surface area contributed by atoms with Gasteiger partial charge < -0.3 is 14.5 Å². The van der Waals surface area contributed by atoms with Crippen molar-refractivity contribution in [1.29, 1.82) is 0 Å². The molecule has 0 bridgehead atoms. The first kappa shape index (κ1) is 18.5. The minimum absolute atomic E-state index is 0.0111. The smallest absolute Gasteiger partial charge is 0.415 e. The minimum Gasteiger partial charge on any atom is -0.434 e. The number of pyridine rings is 1. The van der Waals surface area contributed by atoms with Gasteiger partial charge in [0.05, 0.1) is 12.2 Å². The Bertz CT molecular complexity index is 1080. The molecule has 2 amide bonds. The van der Waals surface area contributed by atoms with Gasteiger partial charge in [-0.25, -0.2) is 9.18 Å². The summed E-state index contributed by atoms with van der Waals surface area (Å²) in [5, 5.41) is 10.1. The second-order valence-corrected chi connectivity index (χ2v) is 6.32. The van der Waals surface area contributed by atoms with E-state index in [9.17, 15) is 14.0 Å². The third-order valence-electron chi connectivity index (χ3n) is 4.43. The first-order chi connectivity index (χ1) is 14.0. The van der Waals surface area contributed by atoms with Gasteiger partial charge in [-0.3, -0.25) is 14.7 Å². The molecule has 0 unspecified atom stereocenters. The average Bonchev–Trinajstić information content (AvgIpc) is 3.33. The molecular formula is C19H16FN5O4. The summed E-state index contributed by atoms with van der Waals surface area (Å²) in [4.78, 5) is 29.1. The van der Waals surface area contributed by atoms with E-state index >= 15 is 0 Å². The van der Waals surface area contributed by atoms with Crippen LogP contribution in [0.2, 0.25) is 0 Å². The first-order valence-electron chi connectivity index (χ1n) is 8.72. The molecule has 0 radical (unpaired) electrons. The summed E-state index contributed by atoms with van der Waals surface area (Å²) in [6.45, 7) is 1.69. The number of cyclic esters (lactones) is 1. The highest BCUT2D eigenvalue weighted by Gasteiger charge is 2.36. The molecule has 1 aliphatic rings. The summed E-state index contributed by atoms with van der Waals surface area (Å²) in [7, 11) is 1.45. The van der Waals surface area contributed by atoms with Crippen molar-refractivity contribution >= 4 is 17.7 Å². The van der Waals surface area contributed by atoms with Crippen molar-refractivity contribution in [3.63, 3.8) is 0 Å². The Hall–Kier alpha value is -3.82. The van der Waals surface area contributed by atoms with Crippen molar-refractivity contribution in [1.82, 2.24) is 20.5 Å². The first-order valence-corrected chi connectivity index (χ1v) is 8.72. The lowest BCUT2D eigenvalue weighted by Crippen LogP contribution is -2.35. The number of rotatable bonds is 4. The predicted molar refractivity (Wildman–Crippen MR) is 99.3 cm³/mol. The molecule has 2 aromatic heterocycles. The van der Waals surface area contributed by atoms with Crippen LogP contribution >= 0.6 is 0 Å². The summed E-state index contributed by atoms with van der Waals surface area (Å²) in [5.74, 6) is -0.253. The SMILES string of the molecule is CNC(=O)[C@H]1CN(c2ccc(-c3ccc(-c4nnc(C)o4)nc3)c(F)c2)C(=O)O1. The van der Waals surface area contributed by atoms with Crippen LogP contribution in [0.5, 0.6) is 0 Å². The van der Waals surface area contributed by atoms with E-state index in [2.05, 4.69) is 20.5 Å². The molecule has 148 valence electrons. The third kappa shape index (κ3) is 3.51. The molecular weight excluding hydrogens is 381 g/mol. The van der Waals surface area contributed by atoms with Crippen molar-refractivity contribution in [2.45, 2.75) is 13.0 Å². The molecule has 1 saturated heterocycles. The number of hydrogen-bond acceptors (Lipinski definition) is 7. The van der Waals surface area contributed by atoms with E-state index in [0.717, 1.165) is 0 Å². The lowest BCUT2D eigenvalue weighted by Gasteiger charge is -2.14. The lowest BCUT2D eigenvalue weighted by atomic mass is 10.1. The van der Waals surface area contributed by atoms with Gasteiger partial charge in [0.2, 0.25) is 5.89 Å². The van der Waals surface area contributed by atoms with Gasteiger partial charge in [0.1, 0.15) is 11.5 Å². The fourth-order valence-corrected chi connectivity index (χ4v) is 2.96. The number of carbonyl (C=O) groups excluding carboxylic acids is 2. The molecule has 0 aliphatic carbocycles. The summed E-state index contributed by atoms with van der Waals surface area (Å²) >= 11 is 0. The predicted octanol–water partition coefficient (Wildman–Crippen LogP) is 2.32. The standard InChI is InChI=1S/C19H16FN5O4/c1-10-23-24-18(28-10)15-6-3-11(8-22-15)13-5-4-12(7-14(13)20)25-9-16(17(26)21-2)29-19(25)27/h3-8,16H,9H2,1-2H3,(H,21,26)/t16-/m1/s1. The zero-order chi connectivity index (χ0) is 20.5. The third-order valence-corrected chi connectivity index (χ3v) is 4.43. The van der Waals surface area contributed by atoms with Crippen LogP contribution in [0.4, 0.5) is 14.9 Å². The van der Waals surface area contributed by atoms with Crippen LogP contribution < -0.4 is 10.2 Å². The maximum atomic E-state index is 14.7. The Labute approximate surface area is 164 Å². The van der Waals surface area contributed by atoms with Crippen LogP contribution in [-0.4, -0.2) is 46.9 Å². The highest BCUT2D eigenvalue weighted by atomic mass is 19.1. The second-order valence-electron chi connectivity index (χ2n) is 6.32. The van der Waals surface area contributed by atoms with Gasteiger partial charge in [-0.05, 0) is 24.3 Å². The zero-order valence-corrected chi connectivity index (χ0v) is 15.5. The number of nitrogens with one attached hydrogen (secondary N) is 1. The Morgan fingerprint density at radius 1 is 1.28 bits per heavy atom. The molecule has 4 rings (SSSR count). The van der Waals surface area contributed by atoms with Crippen molar-refractivity contribution in [3.05, 3.63) is 48.2 Å². The van der Waals surface area contributed by atoms with Gasteiger partial charge in [-0.2, -0.15) is 0 Å². The van der Waals surface area contributed by atoms with Gasteiger partial charge >= 0.3 is 6.09 Å². The molecule has 1 aliphatic heterocycles. The number of ether oxygens (including phenoxy) is 1. The summed E-state index contributed by atoms with van der Waals surface area (Å²) < 4.78 is 25.1. The number of benzene rings is 1. The maximum absolute atomic E-state index is 14.7. The van der Waals surface area contributed by atoms with E-state index in [1.54, 1.807) is 31.2 Å². The Kier molecular flexibility index (Phi) is 4.67. The van der Waals surface area contributed by atoms with E-state index in [1.165, 1.54) is 24.2 Å². The Balaban J connectivity index is 1.56. The summed E-state index contributed by atoms with van der Waals surface area (Å²) in [6.07, 6.45) is -0.134. The van der Waals surface area contributed by atoms with Crippen LogP contribution in [0.15, 0.2) is 40.9 Å². The zero-order valence-electron chi connectivity index (χ0n) is 15.5. The number of aromatic nitrogens is 3. The number of aryl methyl sites for hydroxylation is 1. The van der Waals surface area contributed by atoms with Crippen molar-refractivity contribution in [2.24, 2.45) is 0 Å². The number of carbonyl (C=O) groups is 2. The largest absolute Gasteiger partial charge is 0.434 e. The highest BCUT2D eigenvalue weighted by Crippen LogP contribution is 2.29. The fourth-order valence-electron chi connectivity index (χ4n) is 2.96. The number of anilines is 1. The molecule has 0 saturated carbocycles. The van der Waals surface area contributed by atoms with Crippen LogP contribution in [0, 0.1) is 12.7 Å². The number of nitrogens with zero attached hydrogens (tertiary/aromatic N) is 4. The van der Waals surface area contributed by atoms with E-state index in [0.29, 0.717) is 28.4 Å². The number of hydrogen-bond donors (Lipinski definition) is 1. The quantitative estimate of drug-likeness (QED) is 0.719. The van der Waals surface area contributed by atoms with Gasteiger partial charge in [-0.15, -0.1) is 10.2 Å². The Morgan fingerprint density at radius 3 is 2.72 bits per heavy atom. The van der Waals surface area contributed by atoms with Gasteiger partial charge in [0.25, 0.3) is 11.8 Å². The van der Waals surface area contributed by atoms with Gasteiger partial charge in [0, 0.05) is 31.3 Å². The van der Waals surface area contributed by atoms with Crippen LogP contribution in [0.3, 0.4) is 0 Å². The van der Waals surface area contributed by atoms with Crippen molar-refractivity contribution in [3.8, 4) is 22.7 Å². The molecule has 0 spiro atoms. The van der Waals surface area contributed by atoms with Gasteiger partial charge in [0.15, 0.2) is 6.10 Å². The molecule has 1 N–H and O–H groups in total. The van der Waals surface area contributed by atoms with Crippen LogP contribution in [-0.2, 0) is 9.53 Å². The topological polar surface area (TPSA) is 110 Å².